The van der Waals surface area contributed by atoms with Gasteiger partial charge in [0.05, 0.1) is 11.8 Å². The number of carbonyl (C=O) groups is 3. The predicted octanol–water partition coefficient (Wildman–Crippen LogP) is -2.56. The molecule has 1 aliphatic rings. The van der Waals surface area contributed by atoms with Crippen LogP contribution in [-0.4, -0.2) is 51.2 Å². The van der Waals surface area contributed by atoms with Crippen LogP contribution in [0.3, 0.4) is 0 Å². The van der Waals surface area contributed by atoms with Crippen LogP contribution in [0.25, 0.3) is 0 Å². The summed E-state index contributed by atoms with van der Waals surface area (Å²) >= 11 is 0. The van der Waals surface area contributed by atoms with Crippen LogP contribution in [0.4, 0.5) is 0 Å². The zero-order valence-electron chi connectivity index (χ0n) is 11.8. The summed E-state index contributed by atoms with van der Waals surface area (Å²) in [5.41, 5.74) is 9.84. The van der Waals surface area contributed by atoms with Gasteiger partial charge in [-0.1, -0.05) is 13.8 Å². The van der Waals surface area contributed by atoms with E-state index in [-0.39, 0.29) is 12.1 Å². The maximum atomic E-state index is 12.1. The van der Waals surface area contributed by atoms with Gasteiger partial charge in [0, 0.05) is 6.92 Å². The lowest BCUT2D eigenvalue weighted by Gasteiger charge is -2.19. The van der Waals surface area contributed by atoms with Crippen LogP contribution >= 0.6 is 0 Å². The molecular weight excluding hydrogens is 264 g/mol. The number of primary amides is 1. The molecule has 0 spiro atoms. The molecule has 0 aliphatic carbocycles. The average molecular weight is 285 g/mol. The van der Waals surface area contributed by atoms with Crippen LogP contribution in [0.2, 0.25) is 0 Å². The quantitative estimate of drug-likeness (QED) is 0.254. The molecule has 0 saturated carbocycles. The number of ketones is 2. The second-order valence-corrected chi connectivity index (χ2v) is 5.74. The lowest BCUT2D eigenvalue weighted by Crippen LogP contribution is -2.51. The number of nitrogens with two attached hydrogens (primary N) is 3. The molecule has 1 rings (SSSR count). The molecule has 20 heavy (non-hydrogen) atoms. The molecule has 1 amide bonds. The Hall–Kier alpha value is -1.80. The average Bonchev–Trinajstić information content (AvgIpc) is 2.42. The Morgan fingerprint density at radius 2 is 1.90 bits per heavy atom. The molecule has 0 aromatic heterocycles. The molecule has 1 heterocycles. The molecule has 0 bridgehead atoms. The molecule has 0 fully saturated rings. The lowest BCUT2D eigenvalue weighted by molar-refractivity contribution is -0.577. The third-order valence-electron chi connectivity index (χ3n) is 3.70. The fourth-order valence-corrected chi connectivity index (χ4v) is 1.94. The topological polar surface area (TPSA) is 153 Å². The Morgan fingerprint density at radius 1 is 1.40 bits per heavy atom. The summed E-state index contributed by atoms with van der Waals surface area (Å²) in [5, 5.41) is 9.73. The minimum Gasteiger partial charge on any atom is -0.383 e. The number of carbonyl (C=O) groups excluding carboxylic acids is 3. The zero-order chi connectivity index (χ0) is 15.8. The molecule has 1 aliphatic heterocycles. The largest absolute Gasteiger partial charge is 0.383 e. The van der Waals surface area contributed by atoms with Crippen LogP contribution in [0.5, 0.6) is 0 Å². The number of hydrazine groups is 1. The highest BCUT2D eigenvalue weighted by Gasteiger charge is 2.47. The van der Waals surface area contributed by atoms with E-state index in [9.17, 15) is 19.5 Å². The monoisotopic (exact) mass is 285 g/mol. The van der Waals surface area contributed by atoms with Crippen LogP contribution in [0.1, 0.15) is 27.2 Å². The summed E-state index contributed by atoms with van der Waals surface area (Å²) < 4.78 is 1.05. The number of hydrazone groups is 1. The van der Waals surface area contributed by atoms with Crippen molar-refractivity contribution in [1.29, 1.82) is 0 Å². The third-order valence-corrected chi connectivity index (χ3v) is 3.70. The number of hydrogen-bond acceptors (Lipinski definition) is 6. The highest BCUT2D eigenvalue weighted by atomic mass is 16.3. The van der Waals surface area contributed by atoms with Crippen LogP contribution in [0.15, 0.2) is 0 Å². The summed E-state index contributed by atoms with van der Waals surface area (Å²) in [7, 11) is 0. The number of hydrogen-bond donors (Lipinski definition) is 4. The second-order valence-electron chi connectivity index (χ2n) is 5.74. The Labute approximate surface area is 116 Å². The number of aliphatic hydroxyl groups excluding tert-OH is 1. The van der Waals surface area contributed by atoms with Gasteiger partial charge in [0.1, 0.15) is 12.1 Å². The van der Waals surface area contributed by atoms with E-state index in [0.717, 1.165) is 4.68 Å². The van der Waals surface area contributed by atoms with E-state index < -0.39 is 41.1 Å². The molecule has 0 saturated heterocycles. The van der Waals surface area contributed by atoms with E-state index in [1.54, 1.807) is 20.8 Å². The van der Waals surface area contributed by atoms with Crippen molar-refractivity contribution in [1.82, 2.24) is 0 Å². The Balaban J connectivity index is 3.30. The number of rotatable bonds is 3. The van der Waals surface area contributed by atoms with E-state index in [4.69, 9.17) is 17.3 Å². The summed E-state index contributed by atoms with van der Waals surface area (Å²) in [4.78, 5) is 35.3. The van der Waals surface area contributed by atoms with Crippen LogP contribution in [0, 0.1) is 5.41 Å². The fourth-order valence-electron chi connectivity index (χ4n) is 1.94. The van der Waals surface area contributed by atoms with Crippen LogP contribution in [-0.2, 0) is 14.4 Å². The normalized spacial score (nSPS) is 28.6. The highest BCUT2D eigenvalue weighted by Crippen LogP contribution is 2.22. The van der Waals surface area contributed by atoms with Crippen molar-refractivity contribution in [3.8, 4) is 0 Å². The molecule has 7 N–H and O–H groups in total. The Morgan fingerprint density at radius 3 is 2.35 bits per heavy atom. The Bertz CT molecular complexity index is 498. The predicted molar refractivity (Wildman–Crippen MR) is 70.5 cm³/mol. The summed E-state index contributed by atoms with van der Waals surface area (Å²) in [6, 6.07) is -1.63. The number of Topliss-reactive ketones (excluding diaryl/α,β-unsaturated/α-hetero) is 2. The minimum atomic E-state index is -1.61. The van der Waals surface area contributed by atoms with Gasteiger partial charge in [-0.3, -0.25) is 14.4 Å². The van der Waals surface area contributed by atoms with E-state index >= 15 is 0 Å². The molecule has 8 nitrogen and oxygen atoms in total. The number of amides is 1. The van der Waals surface area contributed by atoms with Gasteiger partial charge in [-0.2, -0.15) is 0 Å². The van der Waals surface area contributed by atoms with Gasteiger partial charge in [0.15, 0.2) is 6.04 Å². The summed E-state index contributed by atoms with van der Waals surface area (Å²) in [6.45, 7) is 4.66. The van der Waals surface area contributed by atoms with Crippen molar-refractivity contribution < 1.29 is 24.2 Å². The molecule has 3 unspecified atom stereocenters. The van der Waals surface area contributed by atoms with Gasteiger partial charge >= 0.3 is 0 Å². The van der Waals surface area contributed by atoms with Crippen molar-refractivity contribution >= 4 is 23.2 Å². The molecule has 0 aromatic carbocycles. The SMILES string of the molecule is CC1C(N)C(O)C(=O)C(=O)C(CC(C)(C)C(N)=O)=[N+]1N. The number of aliphatic hydroxyl groups is 1. The van der Waals surface area contributed by atoms with Gasteiger partial charge in [0.2, 0.25) is 11.7 Å². The van der Waals surface area contributed by atoms with E-state index in [0.29, 0.717) is 0 Å². The molecule has 112 valence electrons. The second kappa shape index (κ2) is 5.29. The minimum absolute atomic E-state index is 0.0710. The summed E-state index contributed by atoms with van der Waals surface area (Å²) in [5.74, 6) is 3.23. The maximum absolute atomic E-state index is 12.1. The van der Waals surface area contributed by atoms with E-state index in [1.807, 2.05) is 0 Å². The number of nitrogens with zero attached hydrogens (tertiary/aromatic N) is 1. The fraction of sp³-hybridized carbons (Fsp3) is 0.667. The van der Waals surface area contributed by atoms with E-state index in [1.165, 1.54) is 0 Å². The standard InChI is InChI=1S/C12H20N4O4/c1-5-7(13)9(18)10(19)8(17)6(16(5)15)4-12(2,3)11(14)20/h5,7,9,18H,4,13H2,1-3H3,(H3-,14,15,17,20)/p+1. The molecule has 3 atom stereocenters. The first-order chi connectivity index (χ1) is 9.00. The van der Waals surface area contributed by atoms with Crippen molar-refractivity contribution in [2.24, 2.45) is 22.7 Å². The van der Waals surface area contributed by atoms with Gasteiger partial charge < -0.3 is 16.6 Å². The highest BCUT2D eigenvalue weighted by molar-refractivity contribution is 6.65. The Kier molecular flexibility index (Phi) is 4.30. The van der Waals surface area contributed by atoms with Gasteiger partial charge in [-0.05, 0) is 0 Å². The van der Waals surface area contributed by atoms with Crippen molar-refractivity contribution in [2.75, 3.05) is 0 Å². The van der Waals surface area contributed by atoms with Crippen LogP contribution < -0.4 is 17.3 Å². The zero-order valence-corrected chi connectivity index (χ0v) is 11.8. The first-order valence-corrected chi connectivity index (χ1v) is 6.22. The van der Waals surface area contributed by atoms with Gasteiger partial charge in [-0.25, -0.2) is 5.84 Å². The molecule has 0 radical (unpaired) electrons. The first-order valence-electron chi connectivity index (χ1n) is 6.22. The lowest BCUT2D eigenvalue weighted by atomic mass is 9.84. The molecule has 8 heteroatoms. The van der Waals surface area contributed by atoms with Crippen molar-refractivity contribution in [3.63, 3.8) is 0 Å². The molecule has 0 aromatic rings. The first kappa shape index (κ1) is 16.3. The van der Waals surface area contributed by atoms with Crippen molar-refractivity contribution in [3.05, 3.63) is 0 Å². The van der Waals surface area contributed by atoms with Crippen molar-refractivity contribution in [2.45, 2.75) is 45.4 Å². The van der Waals surface area contributed by atoms with Gasteiger partial charge in [0.25, 0.3) is 11.5 Å². The van der Waals surface area contributed by atoms with Gasteiger partial charge in [-0.15, -0.1) is 4.68 Å². The smallest absolute Gasteiger partial charge is 0.292 e. The molecular formula is C12H21N4O4+. The third kappa shape index (κ3) is 2.70. The van der Waals surface area contributed by atoms with E-state index in [2.05, 4.69) is 0 Å². The maximum Gasteiger partial charge on any atom is 0.292 e. The summed E-state index contributed by atoms with van der Waals surface area (Å²) in [6.07, 6.45) is -1.72.